The molecule has 4 heterocycles. The van der Waals surface area contributed by atoms with Crippen LogP contribution in [0.25, 0.3) is 16.9 Å². The van der Waals surface area contributed by atoms with Gasteiger partial charge in [-0.15, -0.1) is 0 Å². The van der Waals surface area contributed by atoms with Gasteiger partial charge >= 0.3 is 0 Å². The molecule has 1 aromatic carbocycles. The quantitative estimate of drug-likeness (QED) is 0.543. The number of fused-ring (bicyclic) bond motifs is 1. The molecule has 2 aliphatic heterocycles. The van der Waals surface area contributed by atoms with Gasteiger partial charge in [0.2, 0.25) is 0 Å². The van der Waals surface area contributed by atoms with E-state index in [0.29, 0.717) is 56.5 Å². The van der Waals surface area contributed by atoms with Crippen molar-refractivity contribution in [1.29, 1.82) is 0 Å². The minimum Gasteiger partial charge on any atom is -0.376 e. The molecule has 5 rings (SSSR count). The Morgan fingerprint density at radius 3 is 2.60 bits per heavy atom. The van der Waals surface area contributed by atoms with Gasteiger partial charge in [0.05, 0.1) is 26.0 Å². The van der Waals surface area contributed by atoms with Crippen LogP contribution in [0.15, 0.2) is 29.2 Å². The zero-order valence-corrected chi connectivity index (χ0v) is 20.2. The van der Waals surface area contributed by atoms with Gasteiger partial charge in [0.25, 0.3) is 11.5 Å². The number of amides is 1. The Morgan fingerprint density at radius 2 is 1.91 bits per heavy atom. The normalized spacial score (nSPS) is 18.8. The van der Waals surface area contributed by atoms with E-state index in [9.17, 15) is 14.0 Å². The fourth-order valence-corrected chi connectivity index (χ4v) is 4.49. The van der Waals surface area contributed by atoms with Crippen LogP contribution in [0.5, 0.6) is 0 Å². The van der Waals surface area contributed by atoms with Crippen LogP contribution in [-0.4, -0.2) is 77.3 Å². The van der Waals surface area contributed by atoms with Gasteiger partial charge in [0.1, 0.15) is 17.3 Å². The summed E-state index contributed by atoms with van der Waals surface area (Å²) in [7, 11) is 0. The van der Waals surface area contributed by atoms with Gasteiger partial charge in [-0.25, -0.2) is 14.4 Å². The molecule has 2 fully saturated rings. The second kappa shape index (κ2) is 9.52. The van der Waals surface area contributed by atoms with Crippen molar-refractivity contribution in [1.82, 2.24) is 19.3 Å². The first-order chi connectivity index (χ1) is 16.8. The van der Waals surface area contributed by atoms with Crippen LogP contribution in [0.4, 0.5) is 10.2 Å². The average Bonchev–Trinajstić information content (AvgIpc) is 2.87. The highest BCUT2D eigenvalue weighted by Crippen LogP contribution is 2.29. The monoisotopic (exact) mass is 501 g/mol. The van der Waals surface area contributed by atoms with Crippen LogP contribution in [-0.2, 0) is 14.3 Å². The highest BCUT2D eigenvalue weighted by molar-refractivity contribution is 6.30. The predicted octanol–water partition coefficient (Wildman–Crippen LogP) is 2.23. The van der Waals surface area contributed by atoms with Crippen molar-refractivity contribution in [2.45, 2.75) is 20.0 Å². The van der Waals surface area contributed by atoms with Crippen molar-refractivity contribution < 1.29 is 18.7 Å². The molecule has 2 aromatic heterocycles. The van der Waals surface area contributed by atoms with Crippen molar-refractivity contribution in [3.63, 3.8) is 0 Å². The lowest BCUT2D eigenvalue weighted by molar-refractivity contribution is -0.158. The fraction of sp³-hybridized carbons (Fsp3) is 0.417. The van der Waals surface area contributed by atoms with E-state index in [1.807, 2.05) is 4.90 Å². The van der Waals surface area contributed by atoms with Gasteiger partial charge in [-0.1, -0.05) is 11.6 Å². The van der Waals surface area contributed by atoms with Gasteiger partial charge in [-0.3, -0.25) is 14.0 Å². The summed E-state index contributed by atoms with van der Waals surface area (Å²) in [5.74, 6) is -0.147. The standard InChI is InChI=1S/C24H25ClFN5O4/c1-14-15(2)27-22-21(17-4-3-16(25)11-18(17)26)28-20(12-31(22)23(14)32)29-5-7-30(8-6-29)24(33)19-13-34-9-10-35-19/h3-4,11-12,19H,5-10,13H2,1-2H3/t19-/m1/s1. The molecule has 0 aliphatic carbocycles. The molecule has 184 valence electrons. The van der Waals surface area contributed by atoms with Crippen molar-refractivity contribution in [2.75, 3.05) is 50.9 Å². The van der Waals surface area contributed by atoms with Crippen LogP contribution in [0.3, 0.4) is 0 Å². The molecular weight excluding hydrogens is 477 g/mol. The van der Waals surface area contributed by atoms with Crippen molar-refractivity contribution in [3.8, 4) is 11.3 Å². The second-order valence-corrected chi connectivity index (χ2v) is 9.08. The van der Waals surface area contributed by atoms with Crippen LogP contribution in [0, 0.1) is 19.7 Å². The minimum atomic E-state index is -0.579. The summed E-state index contributed by atoms with van der Waals surface area (Å²) in [5, 5.41) is 0.261. The fourth-order valence-electron chi connectivity index (χ4n) is 4.33. The second-order valence-electron chi connectivity index (χ2n) is 8.64. The van der Waals surface area contributed by atoms with Gasteiger partial charge in [0.15, 0.2) is 11.8 Å². The number of anilines is 1. The van der Waals surface area contributed by atoms with E-state index in [1.165, 1.54) is 16.5 Å². The number of halogens is 2. The van der Waals surface area contributed by atoms with E-state index in [4.69, 9.17) is 26.1 Å². The molecule has 0 radical (unpaired) electrons. The Bertz CT molecular complexity index is 1350. The Morgan fingerprint density at radius 1 is 1.14 bits per heavy atom. The number of aromatic nitrogens is 3. The van der Waals surface area contributed by atoms with Crippen LogP contribution >= 0.6 is 11.6 Å². The van der Waals surface area contributed by atoms with E-state index < -0.39 is 11.9 Å². The first kappa shape index (κ1) is 23.7. The maximum absolute atomic E-state index is 14.9. The summed E-state index contributed by atoms with van der Waals surface area (Å²) in [6.45, 7) is 6.52. The summed E-state index contributed by atoms with van der Waals surface area (Å²) < 4.78 is 27.2. The van der Waals surface area contributed by atoms with Crippen LogP contribution in [0.2, 0.25) is 5.02 Å². The molecule has 11 heteroatoms. The van der Waals surface area contributed by atoms with Crippen molar-refractivity contribution in [2.24, 2.45) is 0 Å². The minimum absolute atomic E-state index is 0.0914. The number of nitrogens with zero attached hydrogens (tertiary/aromatic N) is 5. The van der Waals surface area contributed by atoms with Gasteiger partial charge < -0.3 is 19.3 Å². The summed E-state index contributed by atoms with van der Waals surface area (Å²) in [6, 6.07) is 4.32. The third-order valence-corrected chi connectivity index (χ3v) is 6.69. The molecule has 1 amide bonds. The Hall–Kier alpha value is -3.08. The van der Waals surface area contributed by atoms with Gasteiger partial charge in [-0.2, -0.15) is 0 Å². The molecule has 0 unspecified atom stereocenters. The predicted molar refractivity (Wildman–Crippen MR) is 128 cm³/mol. The molecule has 3 aromatic rings. The maximum atomic E-state index is 14.9. The maximum Gasteiger partial charge on any atom is 0.261 e. The third-order valence-electron chi connectivity index (χ3n) is 6.46. The molecule has 0 N–H and O–H groups in total. The number of rotatable bonds is 3. The lowest BCUT2D eigenvalue weighted by Crippen LogP contribution is -2.53. The molecule has 35 heavy (non-hydrogen) atoms. The largest absolute Gasteiger partial charge is 0.376 e. The average molecular weight is 502 g/mol. The Balaban J connectivity index is 1.50. The van der Waals surface area contributed by atoms with E-state index in [2.05, 4.69) is 4.98 Å². The van der Waals surface area contributed by atoms with Gasteiger partial charge in [-0.05, 0) is 32.0 Å². The topological polar surface area (TPSA) is 89.3 Å². The molecule has 2 saturated heterocycles. The van der Waals surface area contributed by atoms with Crippen LogP contribution in [0.1, 0.15) is 11.3 Å². The number of benzene rings is 1. The number of piperazine rings is 1. The molecule has 1 atom stereocenters. The zero-order chi connectivity index (χ0) is 24.7. The number of carbonyl (C=O) groups is 1. The van der Waals surface area contributed by atoms with E-state index in [0.717, 1.165) is 0 Å². The molecular formula is C24H25ClFN5O4. The van der Waals surface area contributed by atoms with Gasteiger partial charge in [0, 0.05) is 48.0 Å². The molecule has 9 nitrogen and oxygen atoms in total. The van der Waals surface area contributed by atoms with Crippen molar-refractivity contribution in [3.05, 3.63) is 56.8 Å². The first-order valence-corrected chi connectivity index (χ1v) is 11.8. The summed E-state index contributed by atoms with van der Waals surface area (Å²) >= 11 is 5.95. The molecule has 2 aliphatic rings. The summed E-state index contributed by atoms with van der Waals surface area (Å²) in [4.78, 5) is 38.9. The highest BCUT2D eigenvalue weighted by Gasteiger charge is 2.30. The number of carbonyl (C=O) groups excluding carboxylic acids is 1. The van der Waals surface area contributed by atoms with E-state index in [1.54, 1.807) is 31.0 Å². The van der Waals surface area contributed by atoms with Crippen LogP contribution < -0.4 is 10.5 Å². The summed E-state index contributed by atoms with van der Waals surface area (Å²) in [5.41, 5.74) is 1.55. The Labute approximate surface area is 206 Å². The first-order valence-electron chi connectivity index (χ1n) is 11.4. The molecule has 0 saturated carbocycles. The molecule has 0 spiro atoms. The lowest BCUT2D eigenvalue weighted by Gasteiger charge is -2.37. The summed E-state index contributed by atoms with van der Waals surface area (Å²) in [6.07, 6.45) is 1.05. The van der Waals surface area contributed by atoms with Crippen molar-refractivity contribution >= 4 is 29.0 Å². The Kier molecular flexibility index (Phi) is 6.43. The third kappa shape index (κ3) is 4.49. The van der Waals surface area contributed by atoms with E-state index >= 15 is 0 Å². The highest BCUT2D eigenvalue weighted by atomic mass is 35.5. The number of hydrogen-bond acceptors (Lipinski definition) is 7. The number of ether oxygens (including phenoxy) is 2. The molecule has 0 bridgehead atoms. The smallest absolute Gasteiger partial charge is 0.261 e. The number of hydrogen-bond donors (Lipinski definition) is 0. The van der Waals surface area contributed by atoms with E-state index in [-0.39, 0.29) is 40.0 Å². The number of aryl methyl sites for hydroxylation is 1. The lowest BCUT2D eigenvalue weighted by atomic mass is 10.1. The SMILES string of the molecule is Cc1nc2c(-c3ccc(Cl)cc3F)nc(N3CCN(C(=O)[C@H]4COCCO4)CC3)cn2c(=O)c1C. The zero-order valence-electron chi connectivity index (χ0n) is 19.5.